The first-order valence-electron chi connectivity index (χ1n) is 10.7. The molecular formula is C24H28BrClN2O4. The third kappa shape index (κ3) is 6.62. The van der Waals surface area contributed by atoms with Gasteiger partial charge in [-0.25, -0.2) is 0 Å². The molecule has 8 heteroatoms. The SMILES string of the molecule is COc1cccc(CN(C(=O)COc2ccc(Br)cc2Cl)[C@H](C)C(=O)NC2CCCC2)c1. The second-order valence-corrected chi connectivity index (χ2v) is 9.23. The summed E-state index contributed by atoms with van der Waals surface area (Å²) in [6.45, 7) is 1.77. The van der Waals surface area contributed by atoms with E-state index in [2.05, 4.69) is 21.2 Å². The van der Waals surface area contributed by atoms with Crippen molar-refractivity contribution < 1.29 is 19.1 Å². The number of hydrogen-bond acceptors (Lipinski definition) is 4. The Kier molecular flexibility index (Phi) is 8.82. The monoisotopic (exact) mass is 522 g/mol. The normalized spacial score (nSPS) is 14.6. The van der Waals surface area contributed by atoms with Crippen LogP contribution in [0.2, 0.25) is 5.02 Å². The first-order valence-corrected chi connectivity index (χ1v) is 11.8. The van der Waals surface area contributed by atoms with Gasteiger partial charge in [-0.05, 0) is 55.7 Å². The van der Waals surface area contributed by atoms with Crippen LogP contribution in [0.5, 0.6) is 11.5 Å². The molecule has 0 heterocycles. The first-order chi connectivity index (χ1) is 15.4. The van der Waals surface area contributed by atoms with Gasteiger partial charge in [0.05, 0.1) is 12.1 Å². The van der Waals surface area contributed by atoms with Crippen molar-refractivity contribution in [2.45, 2.75) is 51.2 Å². The maximum atomic E-state index is 13.2. The highest BCUT2D eigenvalue weighted by Gasteiger charge is 2.29. The van der Waals surface area contributed by atoms with Crippen LogP contribution in [-0.2, 0) is 16.1 Å². The number of halogens is 2. The lowest BCUT2D eigenvalue weighted by molar-refractivity contribution is -0.142. The number of carbonyl (C=O) groups is 2. The van der Waals surface area contributed by atoms with Crippen LogP contribution < -0.4 is 14.8 Å². The minimum Gasteiger partial charge on any atom is -0.497 e. The average Bonchev–Trinajstić information content (AvgIpc) is 3.29. The van der Waals surface area contributed by atoms with Crippen LogP contribution in [0.15, 0.2) is 46.9 Å². The summed E-state index contributed by atoms with van der Waals surface area (Å²) >= 11 is 9.56. The van der Waals surface area contributed by atoms with Crippen LogP contribution in [0.3, 0.4) is 0 Å². The number of nitrogens with one attached hydrogen (secondary N) is 1. The highest BCUT2D eigenvalue weighted by Crippen LogP contribution is 2.28. The van der Waals surface area contributed by atoms with Gasteiger partial charge in [0.1, 0.15) is 17.5 Å². The van der Waals surface area contributed by atoms with Crippen molar-refractivity contribution in [2.75, 3.05) is 13.7 Å². The molecule has 2 amide bonds. The van der Waals surface area contributed by atoms with Crippen LogP contribution >= 0.6 is 27.5 Å². The summed E-state index contributed by atoms with van der Waals surface area (Å²) in [5, 5.41) is 3.49. The molecule has 0 aliphatic heterocycles. The van der Waals surface area contributed by atoms with Gasteiger partial charge in [-0.3, -0.25) is 9.59 Å². The van der Waals surface area contributed by atoms with Gasteiger partial charge in [-0.15, -0.1) is 0 Å². The zero-order chi connectivity index (χ0) is 23.1. The zero-order valence-corrected chi connectivity index (χ0v) is 20.6. The number of benzene rings is 2. The zero-order valence-electron chi connectivity index (χ0n) is 18.3. The largest absolute Gasteiger partial charge is 0.497 e. The lowest BCUT2D eigenvalue weighted by Crippen LogP contribution is -2.50. The molecule has 0 aromatic heterocycles. The fourth-order valence-corrected chi connectivity index (χ4v) is 4.48. The molecule has 3 rings (SSSR count). The summed E-state index contributed by atoms with van der Waals surface area (Å²) in [7, 11) is 1.59. The fraction of sp³-hybridized carbons (Fsp3) is 0.417. The lowest BCUT2D eigenvalue weighted by atomic mass is 10.1. The van der Waals surface area contributed by atoms with Crippen molar-refractivity contribution in [2.24, 2.45) is 0 Å². The molecule has 1 saturated carbocycles. The Morgan fingerprint density at radius 3 is 2.66 bits per heavy atom. The molecule has 1 aliphatic rings. The first kappa shape index (κ1) is 24.4. The standard InChI is InChI=1S/C24H28BrClN2O4/c1-16(24(30)27-19-7-3-4-8-19)28(14-17-6-5-9-20(12-17)31-2)23(29)15-32-22-11-10-18(25)13-21(22)26/h5-6,9-13,16,19H,3-4,7-8,14-15H2,1-2H3,(H,27,30)/t16-/m1/s1. The van der Waals surface area contributed by atoms with Crippen molar-refractivity contribution in [3.8, 4) is 11.5 Å². The van der Waals surface area contributed by atoms with E-state index in [-0.39, 0.29) is 31.0 Å². The molecule has 1 atom stereocenters. The summed E-state index contributed by atoms with van der Waals surface area (Å²) in [4.78, 5) is 27.6. The third-order valence-electron chi connectivity index (χ3n) is 5.60. The number of amides is 2. The molecule has 0 spiro atoms. The Balaban J connectivity index is 1.74. The summed E-state index contributed by atoms with van der Waals surface area (Å²) in [6.07, 6.45) is 4.20. The molecule has 6 nitrogen and oxygen atoms in total. The average molecular weight is 524 g/mol. The maximum Gasteiger partial charge on any atom is 0.261 e. The van der Waals surface area contributed by atoms with Crippen LogP contribution in [0.25, 0.3) is 0 Å². The predicted molar refractivity (Wildman–Crippen MR) is 128 cm³/mol. The van der Waals surface area contributed by atoms with E-state index in [9.17, 15) is 9.59 Å². The fourth-order valence-electron chi connectivity index (χ4n) is 3.76. The van der Waals surface area contributed by atoms with Crippen LogP contribution in [0, 0.1) is 0 Å². The van der Waals surface area contributed by atoms with Crippen LogP contribution in [0.1, 0.15) is 38.2 Å². The van der Waals surface area contributed by atoms with E-state index >= 15 is 0 Å². The van der Waals surface area contributed by atoms with Crippen molar-refractivity contribution in [1.82, 2.24) is 10.2 Å². The van der Waals surface area contributed by atoms with Gasteiger partial charge < -0.3 is 19.7 Å². The van der Waals surface area contributed by atoms with E-state index in [0.29, 0.717) is 16.5 Å². The van der Waals surface area contributed by atoms with Crippen molar-refractivity contribution >= 4 is 39.3 Å². The summed E-state index contributed by atoms with van der Waals surface area (Å²) in [5.74, 6) is 0.638. The number of rotatable bonds is 9. The molecule has 32 heavy (non-hydrogen) atoms. The molecule has 2 aromatic rings. The number of hydrogen-bond donors (Lipinski definition) is 1. The topological polar surface area (TPSA) is 67.9 Å². The molecule has 172 valence electrons. The second-order valence-electron chi connectivity index (χ2n) is 7.90. The maximum absolute atomic E-state index is 13.2. The Labute approximate surface area is 202 Å². The molecule has 1 aliphatic carbocycles. The molecular weight excluding hydrogens is 496 g/mol. The summed E-state index contributed by atoms with van der Waals surface area (Å²) in [5.41, 5.74) is 0.861. The Bertz CT molecular complexity index is 949. The van der Waals surface area contributed by atoms with Gasteiger partial charge in [0, 0.05) is 17.1 Å². The van der Waals surface area contributed by atoms with E-state index in [0.717, 1.165) is 35.7 Å². The molecule has 1 N–H and O–H groups in total. The molecule has 1 fully saturated rings. The highest BCUT2D eigenvalue weighted by atomic mass is 79.9. The number of nitrogens with zero attached hydrogens (tertiary/aromatic N) is 1. The molecule has 2 aromatic carbocycles. The van der Waals surface area contributed by atoms with E-state index in [1.54, 1.807) is 32.2 Å². The Hall–Kier alpha value is -2.25. The van der Waals surface area contributed by atoms with E-state index in [1.807, 2.05) is 24.3 Å². The molecule has 0 radical (unpaired) electrons. The number of carbonyl (C=O) groups excluding carboxylic acids is 2. The predicted octanol–water partition coefficient (Wildman–Crippen LogP) is 4.97. The quantitative estimate of drug-likeness (QED) is 0.504. The highest BCUT2D eigenvalue weighted by molar-refractivity contribution is 9.10. The third-order valence-corrected chi connectivity index (χ3v) is 6.39. The van der Waals surface area contributed by atoms with Gasteiger partial charge in [0.25, 0.3) is 5.91 Å². The summed E-state index contributed by atoms with van der Waals surface area (Å²) < 4.78 is 11.8. The van der Waals surface area contributed by atoms with E-state index in [4.69, 9.17) is 21.1 Å². The van der Waals surface area contributed by atoms with Crippen molar-refractivity contribution in [3.05, 3.63) is 57.5 Å². The Morgan fingerprint density at radius 1 is 1.22 bits per heavy atom. The minimum absolute atomic E-state index is 0.158. The minimum atomic E-state index is -0.654. The van der Waals surface area contributed by atoms with Crippen molar-refractivity contribution in [1.29, 1.82) is 0 Å². The molecule has 0 unspecified atom stereocenters. The van der Waals surface area contributed by atoms with Gasteiger partial charge in [-0.2, -0.15) is 0 Å². The number of ether oxygens (including phenoxy) is 2. The summed E-state index contributed by atoms with van der Waals surface area (Å²) in [6, 6.07) is 12.2. The van der Waals surface area contributed by atoms with E-state index in [1.165, 1.54) is 4.90 Å². The second kappa shape index (κ2) is 11.6. The van der Waals surface area contributed by atoms with Gasteiger partial charge in [-0.1, -0.05) is 52.5 Å². The van der Waals surface area contributed by atoms with E-state index < -0.39 is 6.04 Å². The van der Waals surface area contributed by atoms with Crippen LogP contribution in [0.4, 0.5) is 0 Å². The lowest BCUT2D eigenvalue weighted by Gasteiger charge is -2.29. The van der Waals surface area contributed by atoms with Gasteiger partial charge in [0.2, 0.25) is 5.91 Å². The van der Waals surface area contributed by atoms with Gasteiger partial charge in [0.15, 0.2) is 6.61 Å². The number of methoxy groups -OCH3 is 1. The molecule has 0 saturated heterocycles. The van der Waals surface area contributed by atoms with Crippen molar-refractivity contribution in [3.63, 3.8) is 0 Å². The molecule has 0 bridgehead atoms. The smallest absolute Gasteiger partial charge is 0.261 e. The van der Waals surface area contributed by atoms with Gasteiger partial charge >= 0.3 is 0 Å². The van der Waals surface area contributed by atoms with Crippen LogP contribution in [-0.4, -0.2) is 42.5 Å². The Morgan fingerprint density at radius 2 is 1.97 bits per heavy atom.